The van der Waals surface area contributed by atoms with Crippen LogP contribution in [0.3, 0.4) is 0 Å². The predicted octanol–water partition coefficient (Wildman–Crippen LogP) is 2.84. The van der Waals surface area contributed by atoms with Crippen LogP contribution in [0.15, 0.2) is 18.2 Å². The van der Waals surface area contributed by atoms with Gasteiger partial charge in [0, 0.05) is 25.2 Å². The standard InChI is InChI=1S/C18H24F2N2O/c19-16-5-6-17(20)15(10-16)11-18(23)22-9-3-4-14(13-22)12-21-7-1-2-8-21/h5-6,10,14H,1-4,7-9,11-13H2. The number of nitrogens with zero attached hydrogens (tertiary/aromatic N) is 2. The van der Waals surface area contributed by atoms with Gasteiger partial charge in [-0.3, -0.25) is 4.79 Å². The van der Waals surface area contributed by atoms with Crippen LogP contribution in [0.5, 0.6) is 0 Å². The third-order valence-electron chi connectivity index (χ3n) is 4.94. The van der Waals surface area contributed by atoms with Crippen molar-refractivity contribution in [1.82, 2.24) is 9.80 Å². The van der Waals surface area contributed by atoms with Gasteiger partial charge in [0.2, 0.25) is 5.91 Å². The maximum atomic E-state index is 13.7. The molecular formula is C18H24F2N2O. The molecule has 2 aliphatic heterocycles. The summed E-state index contributed by atoms with van der Waals surface area (Å²) in [6.45, 7) is 4.86. The Bertz CT molecular complexity index is 558. The van der Waals surface area contributed by atoms with Crippen molar-refractivity contribution < 1.29 is 13.6 Å². The zero-order chi connectivity index (χ0) is 16.2. The molecule has 1 aromatic rings. The molecule has 0 saturated carbocycles. The summed E-state index contributed by atoms with van der Waals surface area (Å²) in [6, 6.07) is 3.29. The Balaban J connectivity index is 1.57. The van der Waals surface area contributed by atoms with Gasteiger partial charge < -0.3 is 9.80 Å². The molecule has 0 spiro atoms. The molecule has 0 N–H and O–H groups in total. The summed E-state index contributed by atoms with van der Waals surface area (Å²) < 4.78 is 26.9. The highest BCUT2D eigenvalue weighted by atomic mass is 19.1. The molecule has 1 unspecified atom stereocenters. The predicted molar refractivity (Wildman–Crippen MR) is 85.0 cm³/mol. The normalized spacial score (nSPS) is 22.5. The third kappa shape index (κ3) is 4.28. The van der Waals surface area contributed by atoms with Crippen LogP contribution in [0.1, 0.15) is 31.2 Å². The lowest BCUT2D eigenvalue weighted by Crippen LogP contribution is -2.44. The average Bonchev–Trinajstić information content (AvgIpc) is 3.04. The molecule has 0 aliphatic carbocycles. The monoisotopic (exact) mass is 322 g/mol. The van der Waals surface area contributed by atoms with Crippen LogP contribution in [0, 0.1) is 17.6 Å². The topological polar surface area (TPSA) is 23.6 Å². The summed E-state index contributed by atoms with van der Waals surface area (Å²) in [5.41, 5.74) is 0.150. The number of hydrogen-bond acceptors (Lipinski definition) is 2. The minimum absolute atomic E-state index is 0.0555. The van der Waals surface area contributed by atoms with Crippen LogP contribution >= 0.6 is 0 Å². The van der Waals surface area contributed by atoms with E-state index < -0.39 is 11.6 Å². The second-order valence-corrected chi connectivity index (χ2v) is 6.77. The molecule has 1 amide bonds. The Morgan fingerprint density at radius 1 is 1.13 bits per heavy atom. The molecule has 2 saturated heterocycles. The van der Waals surface area contributed by atoms with Gasteiger partial charge in [-0.05, 0) is 62.9 Å². The fourth-order valence-electron chi connectivity index (χ4n) is 3.72. The zero-order valence-corrected chi connectivity index (χ0v) is 13.4. The smallest absolute Gasteiger partial charge is 0.227 e. The maximum Gasteiger partial charge on any atom is 0.227 e. The molecule has 23 heavy (non-hydrogen) atoms. The lowest BCUT2D eigenvalue weighted by atomic mass is 9.96. The van der Waals surface area contributed by atoms with E-state index in [4.69, 9.17) is 0 Å². The molecule has 3 rings (SSSR count). The summed E-state index contributed by atoms with van der Waals surface area (Å²) >= 11 is 0. The average molecular weight is 322 g/mol. The van der Waals surface area contributed by atoms with E-state index in [1.165, 1.54) is 25.9 Å². The van der Waals surface area contributed by atoms with Gasteiger partial charge in [-0.25, -0.2) is 8.78 Å². The fraction of sp³-hybridized carbons (Fsp3) is 0.611. The van der Waals surface area contributed by atoms with E-state index in [9.17, 15) is 13.6 Å². The number of carbonyl (C=O) groups excluding carboxylic acids is 1. The van der Waals surface area contributed by atoms with Gasteiger partial charge in [0.05, 0.1) is 6.42 Å². The van der Waals surface area contributed by atoms with E-state index in [0.29, 0.717) is 5.92 Å². The van der Waals surface area contributed by atoms with E-state index in [0.717, 1.165) is 50.7 Å². The third-order valence-corrected chi connectivity index (χ3v) is 4.94. The van der Waals surface area contributed by atoms with Crippen molar-refractivity contribution in [2.45, 2.75) is 32.1 Å². The van der Waals surface area contributed by atoms with Crippen molar-refractivity contribution in [3.8, 4) is 0 Å². The van der Waals surface area contributed by atoms with E-state index in [2.05, 4.69) is 4.90 Å². The van der Waals surface area contributed by atoms with Crippen molar-refractivity contribution in [3.05, 3.63) is 35.4 Å². The highest BCUT2D eigenvalue weighted by Crippen LogP contribution is 2.21. The number of piperidine rings is 1. The molecule has 1 atom stereocenters. The largest absolute Gasteiger partial charge is 0.342 e. The van der Waals surface area contributed by atoms with Crippen molar-refractivity contribution in [1.29, 1.82) is 0 Å². The summed E-state index contributed by atoms with van der Waals surface area (Å²) in [5, 5.41) is 0. The second kappa shape index (κ2) is 7.39. The molecular weight excluding hydrogens is 298 g/mol. The minimum atomic E-state index is -0.509. The van der Waals surface area contributed by atoms with Crippen LogP contribution in [-0.2, 0) is 11.2 Å². The van der Waals surface area contributed by atoms with Gasteiger partial charge in [0.25, 0.3) is 0 Å². The number of likely N-dealkylation sites (tertiary alicyclic amines) is 2. The van der Waals surface area contributed by atoms with Crippen molar-refractivity contribution >= 4 is 5.91 Å². The molecule has 2 heterocycles. The second-order valence-electron chi connectivity index (χ2n) is 6.77. The van der Waals surface area contributed by atoms with Crippen LogP contribution in [0.4, 0.5) is 8.78 Å². The minimum Gasteiger partial charge on any atom is -0.342 e. The van der Waals surface area contributed by atoms with Crippen molar-refractivity contribution in [2.75, 3.05) is 32.7 Å². The molecule has 1 aromatic carbocycles. The Kier molecular flexibility index (Phi) is 5.26. The summed E-state index contributed by atoms with van der Waals surface area (Å²) in [7, 11) is 0. The molecule has 0 radical (unpaired) electrons. The van der Waals surface area contributed by atoms with Gasteiger partial charge >= 0.3 is 0 Å². The van der Waals surface area contributed by atoms with Crippen LogP contribution in [0.25, 0.3) is 0 Å². The lowest BCUT2D eigenvalue weighted by Gasteiger charge is -2.34. The van der Waals surface area contributed by atoms with E-state index >= 15 is 0 Å². The lowest BCUT2D eigenvalue weighted by molar-refractivity contribution is -0.132. The molecule has 126 valence electrons. The number of halogens is 2. The summed E-state index contributed by atoms with van der Waals surface area (Å²) in [5.74, 6) is -0.603. The first-order valence-corrected chi connectivity index (χ1v) is 8.56. The molecule has 5 heteroatoms. The Morgan fingerprint density at radius 2 is 1.91 bits per heavy atom. The number of hydrogen-bond donors (Lipinski definition) is 0. The number of amides is 1. The molecule has 2 aliphatic rings. The maximum absolute atomic E-state index is 13.7. The Labute approximate surface area is 136 Å². The zero-order valence-electron chi connectivity index (χ0n) is 13.4. The van der Waals surface area contributed by atoms with Gasteiger partial charge in [-0.15, -0.1) is 0 Å². The van der Waals surface area contributed by atoms with Gasteiger partial charge in [0.1, 0.15) is 11.6 Å². The first-order chi connectivity index (χ1) is 11.1. The highest BCUT2D eigenvalue weighted by Gasteiger charge is 2.26. The first kappa shape index (κ1) is 16.4. The van der Waals surface area contributed by atoms with E-state index in [1.807, 2.05) is 4.90 Å². The SMILES string of the molecule is O=C(Cc1cc(F)ccc1F)N1CCCC(CN2CCCC2)C1. The Morgan fingerprint density at radius 3 is 2.70 bits per heavy atom. The Hall–Kier alpha value is -1.49. The fourth-order valence-corrected chi connectivity index (χ4v) is 3.72. The van der Waals surface area contributed by atoms with E-state index in [-0.39, 0.29) is 17.9 Å². The van der Waals surface area contributed by atoms with Gasteiger partial charge in [-0.2, -0.15) is 0 Å². The highest BCUT2D eigenvalue weighted by molar-refractivity contribution is 5.79. The van der Waals surface area contributed by atoms with Crippen LogP contribution in [0.2, 0.25) is 0 Å². The van der Waals surface area contributed by atoms with Crippen LogP contribution in [-0.4, -0.2) is 48.4 Å². The summed E-state index contributed by atoms with van der Waals surface area (Å²) in [6.07, 6.45) is 4.63. The summed E-state index contributed by atoms with van der Waals surface area (Å²) in [4.78, 5) is 16.7. The van der Waals surface area contributed by atoms with Crippen LogP contribution < -0.4 is 0 Å². The van der Waals surface area contributed by atoms with E-state index in [1.54, 1.807) is 0 Å². The van der Waals surface area contributed by atoms with Crippen molar-refractivity contribution in [2.24, 2.45) is 5.92 Å². The van der Waals surface area contributed by atoms with Gasteiger partial charge in [0.15, 0.2) is 0 Å². The molecule has 3 nitrogen and oxygen atoms in total. The number of benzene rings is 1. The molecule has 0 aromatic heterocycles. The number of rotatable bonds is 4. The van der Waals surface area contributed by atoms with Gasteiger partial charge in [-0.1, -0.05) is 0 Å². The number of carbonyl (C=O) groups is 1. The molecule has 2 fully saturated rings. The van der Waals surface area contributed by atoms with Crippen molar-refractivity contribution in [3.63, 3.8) is 0 Å². The quantitative estimate of drug-likeness (QED) is 0.851. The first-order valence-electron chi connectivity index (χ1n) is 8.56. The molecule has 0 bridgehead atoms.